The Balaban J connectivity index is 7.57. The first-order valence-corrected chi connectivity index (χ1v) is 42.8. The highest BCUT2D eigenvalue weighted by Gasteiger charge is 2.82. The normalized spacial score (nSPS) is 17.2. The van der Waals surface area contributed by atoms with Crippen LogP contribution in [0, 0.1) is 1.93 Å². The zero-order valence-electron chi connectivity index (χ0n) is 19.2. The van der Waals surface area contributed by atoms with Crippen molar-refractivity contribution in [1.29, 1.82) is 0 Å². The quantitative estimate of drug-likeness (QED) is 0.120. The molecule has 0 saturated heterocycles. The van der Waals surface area contributed by atoms with Crippen LogP contribution in [0.3, 0.4) is 0 Å². The molecule has 0 saturated carbocycles. The zero-order valence-corrected chi connectivity index (χ0v) is 86.1. The van der Waals surface area contributed by atoms with Gasteiger partial charge in [0.05, 0.1) is 0 Å². The van der Waals surface area contributed by atoms with Gasteiger partial charge in [-0.25, -0.2) is 0 Å². The van der Waals surface area contributed by atoms with Gasteiger partial charge in [0.25, 0.3) is 0 Å². The third kappa shape index (κ3) is 13.5. The number of hydrogen-bond donors (Lipinski definition) is 0. The third-order valence-electron chi connectivity index (χ3n) is 5.33. The Kier molecular flexibility index (Phi) is 37.3. The summed E-state index contributed by atoms with van der Waals surface area (Å²) >= 11 is 85.5. The predicted octanol–water partition coefficient (Wildman–Crippen LogP) is 24.7. The van der Waals surface area contributed by atoms with E-state index in [1.165, 1.54) is 1.93 Å². The van der Waals surface area contributed by atoms with Gasteiger partial charge in [0.15, 0.2) is 0 Å². The topological polar surface area (TPSA) is 0 Å². The van der Waals surface area contributed by atoms with Crippen LogP contribution in [-0.4, -0.2) is 18.0 Å². The molecule has 0 aromatic heterocycles. The Labute approximate surface area is 695 Å². The van der Waals surface area contributed by atoms with Crippen LogP contribution in [0.5, 0.6) is 0 Å². The highest BCUT2D eigenvalue weighted by atomic mass is 127. The van der Waals surface area contributed by atoms with Gasteiger partial charge in [-0.3, -0.25) is 0 Å². The van der Waals surface area contributed by atoms with Crippen molar-refractivity contribution in [2.24, 2.45) is 0 Å². The second-order valence-electron chi connectivity index (χ2n) is 8.23. The summed E-state index contributed by atoms with van der Waals surface area (Å²) in [6, 6.07) is 0. The minimum Gasteiger partial charge on any atom is -0.0623 e. The molecular formula is C15I31. The first-order valence-electron chi connectivity index (χ1n) is 9.36. The lowest BCUT2D eigenvalue weighted by atomic mass is 10.0. The first kappa shape index (κ1) is 68.6. The molecule has 0 fully saturated rings. The maximum absolute atomic E-state index is 2.84. The van der Waals surface area contributed by atoms with Crippen LogP contribution in [0.2, 0.25) is 0 Å². The first-order chi connectivity index (χ1) is 19.2. The van der Waals surface area contributed by atoms with E-state index in [0.717, 1.165) is 0 Å². The molecule has 0 bridgehead atoms. The van der Waals surface area contributed by atoms with Gasteiger partial charge in [0.1, 0.15) is 19.9 Å². The number of halogens is 31. The summed E-state index contributed by atoms with van der Waals surface area (Å²) in [4.78, 5) is 0. The molecular weight excluding hydrogens is 4110 g/mol. The summed E-state index contributed by atoms with van der Waals surface area (Å²) in [5.74, 6) is 0. The molecule has 0 nitrogen and oxygen atoms in total. The third-order valence-corrected chi connectivity index (χ3v) is 111. The molecule has 0 amide bonds. The molecule has 0 aliphatic rings. The summed E-state index contributed by atoms with van der Waals surface area (Å²) in [7, 11) is 0. The van der Waals surface area contributed by atoms with Gasteiger partial charge in [-0.05, 0) is 0 Å². The molecule has 0 atom stereocenters. The van der Waals surface area contributed by atoms with Crippen LogP contribution in [-0.2, 0) is 0 Å². The molecule has 0 aromatic carbocycles. The van der Waals surface area contributed by atoms with E-state index in [9.17, 15) is 0 Å². The molecule has 0 rings (SSSR count). The van der Waals surface area contributed by atoms with Crippen LogP contribution in [0.1, 0.15) is 0 Å². The Morgan fingerprint density at radius 1 is 0.196 bits per heavy atom. The number of rotatable bonds is 14. The van der Waals surface area contributed by atoms with Crippen molar-refractivity contribution in [3.8, 4) is 0 Å². The fourth-order valence-corrected chi connectivity index (χ4v) is 51.5. The second-order valence-corrected chi connectivity index (χ2v) is 92.4. The zero-order chi connectivity index (χ0) is 38.6. The largest absolute Gasteiger partial charge is 0.149 e. The lowest BCUT2D eigenvalue weighted by molar-refractivity contribution is 0.623. The molecule has 1 radical (unpaired) electrons. The summed E-state index contributed by atoms with van der Waals surface area (Å²) < 4.78 is -0.613. The predicted molar refractivity (Wildman–Crippen MR) is 476 cm³/mol. The van der Waals surface area contributed by atoms with Gasteiger partial charge in [-0.2, -0.15) is 0 Å². The molecule has 0 N–H and O–H groups in total. The van der Waals surface area contributed by atoms with Gasteiger partial charge in [-0.1, -0.05) is 700 Å². The monoisotopic (exact) mass is 4110 g/mol. The fourth-order valence-electron chi connectivity index (χ4n) is 2.47. The van der Waals surface area contributed by atoms with Crippen molar-refractivity contribution in [1.82, 2.24) is 0 Å². The Morgan fingerprint density at radius 2 is 0.326 bits per heavy atom. The molecule has 0 unspecified atom stereocenters. The highest BCUT2D eigenvalue weighted by Crippen LogP contribution is 2.84. The van der Waals surface area contributed by atoms with Gasteiger partial charge in [0.2, 0.25) is 0 Å². The van der Waals surface area contributed by atoms with Crippen molar-refractivity contribution in [2.45, 2.75) is 18.0 Å². The minimum absolute atomic E-state index is 0.0139. The van der Waals surface area contributed by atoms with Crippen molar-refractivity contribution in [3.05, 3.63) is 1.93 Å². The number of hydrogen-bond acceptors (Lipinski definition) is 0. The van der Waals surface area contributed by atoms with Crippen LogP contribution in [0.4, 0.5) is 0 Å². The van der Waals surface area contributed by atoms with E-state index in [4.69, 9.17) is 0 Å². The van der Waals surface area contributed by atoms with E-state index in [-0.39, 0.29) is 18.0 Å². The van der Waals surface area contributed by atoms with Crippen LogP contribution < -0.4 is 0 Å². The van der Waals surface area contributed by atoms with Crippen molar-refractivity contribution in [2.75, 3.05) is 0 Å². The molecule has 0 heterocycles. The molecule has 0 aromatic rings. The smallest absolute Gasteiger partial charge is 0.0623 e. The highest BCUT2D eigenvalue weighted by molar-refractivity contribution is 14.3. The van der Waals surface area contributed by atoms with Crippen molar-refractivity contribution >= 4 is 700 Å². The Hall–Kier alpha value is 22.6. The lowest BCUT2D eigenvalue weighted by Crippen LogP contribution is -2.72. The number of alkyl halides is 29. The molecule has 0 spiro atoms. The van der Waals surface area contributed by atoms with Crippen LogP contribution >= 0.6 is 700 Å². The SMILES string of the molecule is I[C](I)C(I)(I)C(I)(I)C(I)(I)C(I)(I)C(I)(I)C(I)(I)C(I)(I)C(I)(I)C(I)(I)C(I)(I)C(I)(I)C(I)(I)C(I)(I)C(I)(I)I. The second kappa shape index (κ2) is 25.0. The summed E-state index contributed by atoms with van der Waals surface area (Å²) in [5.41, 5.74) is 0. The molecule has 277 valence electrons. The van der Waals surface area contributed by atoms with Crippen molar-refractivity contribution in [3.63, 3.8) is 0 Å². The van der Waals surface area contributed by atoms with Crippen LogP contribution in [0.15, 0.2) is 0 Å². The summed E-state index contributed by atoms with van der Waals surface area (Å²) in [6.45, 7) is 0. The fraction of sp³-hybridized carbons (Fsp3) is 0.933. The van der Waals surface area contributed by atoms with E-state index in [1.54, 1.807) is 0 Å². The lowest BCUT2D eigenvalue weighted by Gasteiger charge is -2.62. The Bertz CT molecular complexity index is 1100. The van der Waals surface area contributed by atoms with E-state index >= 15 is 0 Å². The van der Waals surface area contributed by atoms with E-state index in [0.29, 0.717) is 0 Å². The van der Waals surface area contributed by atoms with Gasteiger partial charge >= 0.3 is 0 Å². The standard InChI is InChI=1S/C15I31/c16-1(17)2(18,19)3(20,21)4(22,23)5(24,25)6(26,27)7(28,29)8(30,31)9(32,33)10(34,35)11(36,37)12(38,39)13(40,41)14(42,43)15(44,45)46. The van der Waals surface area contributed by atoms with E-state index in [2.05, 4.69) is 700 Å². The van der Waals surface area contributed by atoms with E-state index < -0.39 is 0 Å². The Morgan fingerprint density at radius 3 is 0.457 bits per heavy atom. The molecule has 0 aliphatic carbocycles. The van der Waals surface area contributed by atoms with E-state index in [1.807, 2.05) is 0 Å². The minimum atomic E-state index is -0.211. The average molecular weight is 4110 g/mol. The molecule has 46 heavy (non-hydrogen) atoms. The van der Waals surface area contributed by atoms with Gasteiger partial charge in [-0.15, -0.1) is 0 Å². The average Bonchev–Trinajstić information content (AvgIpc) is 2.81. The summed E-state index contributed by atoms with van der Waals surface area (Å²) in [5, 5.41) is 0. The van der Waals surface area contributed by atoms with Crippen molar-refractivity contribution < 1.29 is 0 Å². The maximum Gasteiger partial charge on any atom is 0.149 e. The van der Waals surface area contributed by atoms with Gasteiger partial charge in [0, 0.05) is 0 Å². The molecule has 0 aliphatic heterocycles. The molecule has 31 heteroatoms. The van der Waals surface area contributed by atoms with Crippen LogP contribution in [0.25, 0.3) is 0 Å². The maximum atomic E-state index is 2.84. The van der Waals surface area contributed by atoms with Gasteiger partial charge < -0.3 is 0 Å². The summed E-state index contributed by atoms with van der Waals surface area (Å²) in [6.07, 6.45) is 0.